The molecule has 0 unspecified atom stereocenters. The van der Waals surface area contributed by atoms with E-state index in [1.807, 2.05) is 55.5 Å². The molecule has 218 valence electrons. The largest absolute Gasteiger partial charge is 0.497 e. The fourth-order valence-corrected chi connectivity index (χ4v) is 5.90. The van der Waals surface area contributed by atoms with Gasteiger partial charge in [-0.15, -0.1) is 0 Å². The summed E-state index contributed by atoms with van der Waals surface area (Å²) in [6.45, 7) is 1.87. The van der Waals surface area contributed by atoms with Crippen molar-refractivity contribution in [2.45, 2.75) is 18.4 Å². The molecule has 0 radical (unpaired) electrons. The Kier molecular flexibility index (Phi) is 9.02. The molecule has 0 aliphatic carbocycles. The zero-order chi connectivity index (χ0) is 30.2. The van der Waals surface area contributed by atoms with Crippen molar-refractivity contribution in [3.63, 3.8) is 0 Å². The van der Waals surface area contributed by atoms with Gasteiger partial charge in [-0.25, -0.2) is 13.8 Å². The second-order valence-electron chi connectivity index (χ2n) is 9.81. The number of anilines is 1. The van der Waals surface area contributed by atoms with E-state index in [-0.39, 0.29) is 4.90 Å². The lowest BCUT2D eigenvalue weighted by Gasteiger charge is -2.24. The summed E-state index contributed by atoms with van der Waals surface area (Å²) in [4.78, 5) is 12.9. The van der Waals surface area contributed by atoms with E-state index in [9.17, 15) is 13.2 Å². The highest BCUT2D eigenvalue weighted by molar-refractivity contribution is 7.92. The number of carbonyl (C=O) groups is 1. The molecule has 0 aromatic heterocycles. The normalized spacial score (nSPS) is 11.4. The molecule has 0 heterocycles. The van der Waals surface area contributed by atoms with Crippen LogP contribution < -0.4 is 19.2 Å². The Morgan fingerprint density at radius 1 is 0.837 bits per heavy atom. The summed E-state index contributed by atoms with van der Waals surface area (Å²) in [5.74, 6) is 0.632. The van der Waals surface area contributed by atoms with Gasteiger partial charge in [-0.1, -0.05) is 60.2 Å². The van der Waals surface area contributed by atoms with Crippen molar-refractivity contribution < 1.29 is 22.7 Å². The first-order valence-corrected chi connectivity index (χ1v) is 15.0. The van der Waals surface area contributed by atoms with E-state index in [4.69, 9.17) is 9.47 Å². The van der Waals surface area contributed by atoms with Crippen molar-refractivity contribution in [2.24, 2.45) is 5.10 Å². The molecular weight excluding hydrogens is 562 g/mol. The molecule has 43 heavy (non-hydrogen) atoms. The summed E-state index contributed by atoms with van der Waals surface area (Å²) in [5, 5.41) is 6.35. The third-order valence-corrected chi connectivity index (χ3v) is 8.60. The van der Waals surface area contributed by atoms with Crippen molar-refractivity contribution in [1.82, 2.24) is 5.43 Å². The van der Waals surface area contributed by atoms with Gasteiger partial charge in [-0.05, 0) is 89.5 Å². The minimum atomic E-state index is -4.06. The van der Waals surface area contributed by atoms with Crippen molar-refractivity contribution >= 4 is 38.6 Å². The third-order valence-electron chi connectivity index (χ3n) is 6.81. The van der Waals surface area contributed by atoms with Crippen LogP contribution >= 0.6 is 0 Å². The number of carbonyl (C=O) groups excluding carboxylic acids is 1. The van der Waals surface area contributed by atoms with Gasteiger partial charge in [0.2, 0.25) is 0 Å². The Morgan fingerprint density at radius 3 is 2.23 bits per heavy atom. The molecule has 0 bridgehead atoms. The molecular formula is C34H31N3O5S. The fraction of sp³-hybridized carbons (Fsp3) is 0.118. The smallest absolute Gasteiger partial charge is 0.264 e. The fourth-order valence-electron chi connectivity index (χ4n) is 4.48. The molecule has 0 saturated carbocycles. The second-order valence-corrected chi connectivity index (χ2v) is 11.7. The van der Waals surface area contributed by atoms with Crippen LogP contribution in [0.2, 0.25) is 0 Å². The number of nitrogens with zero attached hydrogens (tertiary/aromatic N) is 2. The summed E-state index contributed by atoms with van der Waals surface area (Å²) >= 11 is 0. The van der Waals surface area contributed by atoms with E-state index in [2.05, 4.69) is 28.7 Å². The SMILES string of the molecule is COc1ccc(S(=O)(=O)N(CC(=O)N/N=C/c2ccc(OCc3cccc4ccccc34)cc2)c2ccc(C)cc2)cc1. The van der Waals surface area contributed by atoms with Gasteiger partial charge in [0.25, 0.3) is 15.9 Å². The van der Waals surface area contributed by atoms with E-state index < -0.39 is 22.5 Å². The molecule has 0 aliphatic rings. The van der Waals surface area contributed by atoms with Crippen molar-refractivity contribution in [3.05, 3.63) is 132 Å². The van der Waals surface area contributed by atoms with Crippen molar-refractivity contribution in [1.29, 1.82) is 0 Å². The summed E-state index contributed by atoms with van der Waals surface area (Å²) in [6.07, 6.45) is 1.49. The van der Waals surface area contributed by atoms with Gasteiger partial charge < -0.3 is 9.47 Å². The van der Waals surface area contributed by atoms with Gasteiger partial charge in [0.05, 0.1) is 23.9 Å². The predicted molar refractivity (Wildman–Crippen MR) is 169 cm³/mol. The summed E-state index contributed by atoms with van der Waals surface area (Å²) < 4.78 is 39.3. The number of hydrazone groups is 1. The molecule has 1 amide bonds. The topological polar surface area (TPSA) is 97.3 Å². The van der Waals surface area contributed by atoms with E-state index in [1.165, 1.54) is 25.5 Å². The number of aryl methyl sites for hydroxylation is 1. The molecule has 5 rings (SSSR count). The van der Waals surface area contributed by atoms with E-state index in [0.717, 1.165) is 31.8 Å². The van der Waals surface area contributed by atoms with Gasteiger partial charge in [0, 0.05) is 0 Å². The second kappa shape index (κ2) is 13.2. The number of rotatable bonds is 11. The van der Waals surface area contributed by atoms with Gasteiger partial charge in [-0.2, -0.15) is 5.10 Å². The molecule has 5 aromatic rings. The Balaban J connectivity index is 1.22. The monoisotopic (exact) mass is 593 g/mol. The average molecular weight is 594 g/mol. The number of methoxy groups -OCH3 is 1. The van der Waals surface area contributed by atoms with Crippen LogP contribution in [0.15, 0.2) is 125 Å². The number of hydrogen-bond donors (Lipinski definition) is 1. The highest BCUT2D eigenvalue weighted by Gasteiger charge is 2.27. The molecule has 0 fully saturated rings. The number of nitrogens with one attached hydrogen (secondary N) is 1. The average Bonchev–Trinajstić information content (AvgIpc) is 3.03. The first kappa shape index (κ1) is 29.3. The van der Waals surface area contributed by atoms with Crippen molar-refractivity contribution in [2.75, 3.05) is 18.0 Å². The number of benzene rings is 5. The zero-order valence-electron chi connectivity index (χ0n) is 23.8. The number of fused-ring (bicyclic) bond motifs is 1. The maximum absolute atomic E-state index is 13.5. The molecule has 0 saturated heterocycles. The Labute approximate surface area is 251 Å². The molecule has 9 heteroatoms. The summed E-state index contributed by atoms with van der Waals surface area (Å²) in [5.41, 5.74) is 5.59. The Hall–Kier alpha value is -5.15. The van der Waals surface area contributed by atoms with Crippen LogP contribution in [0.1, 0.15) is 16.7 Å². The van der Waals surface area contributed by atoms with Crippen LogP contribution in [0.3, 0.4) is 0 Å². The van der Waals surface area contributed by atoms with Crippen LogP contribution in [0.4, 0.5) is 5.69 Å². The first-order chi connectivity index (χ1) is 20.8. The highest BCUT2D eigenvalue weighted by Crippen LogP contribution is 2.26. The first-order valence-electron chi connectivity index (χ1n) is 13.6. The minimum absolute atomic E-state index is 0.0351. The van der Waals surface area contributed by atoms with Crippen LogP contribution in [-0.4, -0.2) is 34.2 Å². The third kappa shape index (κ3) is 7.20. The predicted octanol–water partition coefficient (Wildman–Crippen LogP) is 6.08. The molecule has 5 aromatic carbocycles. The van der Waals surface area contributed by atoms with Gasteiger partial charge >= 0.3 is 0 Å². The maximum Gasteiger partial charge on any atom is 0.264 e. The minimum Gasteiger partial charge on any atom is -0.497 e. The number of sulfonamides is 1. The quantitative estimate of drug-likeness (QED) is 0.148. The van der Waals surface area contributed by atoms with Crippen LogP contribution in [0.5, 0.6) is 11.5 Å². The Morgan fingerprint density at radius 2 is 1.51 bits per heavy atom. The number of ether oxygens (including phenoxy) is 2. The molecule has 0 aliphatic heterocycles. The summed E-state index contributed by atoms with van der Waals surface area (Å²) in [6, 6.07) is 34.5. The number of hydrogen-bond acceptors (Lipinski definition) is 6. The lowest BCUT2D eigenvalue weighted by molar-refractivity contribution is -0.119. The molecule has 1 N–H and O–H groups in total. The standard InChI is InChI=1S/C34H31N3O5S/c1-25-10-14-29(15-11-25)37(43(39,40)32-20-18-30(41-2)19-21-32)23-34(38)36-35-22-26-12-16-31(17-13-26)42-24-28-8-5-7-27-6-3-4-9-33(27)28/h3-22H,23-24H2,1-2H3,(H,36,38)/b35-22+. The van der Waals surface area contributed by atoms with Gasteiger partial charge in [0.1, 0.15) is 24.7 Å². The molecule has 0 spiro atoms. The lowest BCUT2D eigenvalue weighted by atomic mass is 10.1. The molecule has 0 atom stereocenters. The van der Waals surface area contributed by atoms with Crippen LogP contribution in [0, 0.1) is 6.92 Å². The van der Waals surface area contributed by atoms with E-state index in [0.29, 0.717) is 23.8 Å². The van der Waals surface area contributed by atoms with Crippen LogP contribution in [-0.2, 0) is 21.4 Å². The maximum atomic E-state index is 13.5. The van der Waals surface area contributed by atoms with Crippen LogP contribution in [0.25, 0.3) is 10.8 Å². The Bertz CT molecular complexity index is 1830. The van der Waals surface area contributed by atoms with Gasteiger partial charge in [0.15, 0.2) is 0 Å². The lowest BCUT2D eigenvalue weighted by Crippen LogP contribution is -2.39. The van der Waals surface area contributed by atoms with Gasteiger partial charge in [-0.3, -0.25) is 9.10 Å². The molecule has 8 nitrogen and oxygen atoms in total. The summed E-state index contributed by atoms with van der Waals surface area (Å²) in [7, 11) is -2.55. The highest BCUT2D eigenvalue weighted by atomic mass is 32.2. The van der Waals surface area contributed by atoms with E-state index in [1.54, 1.807) is 36.4 Å². The number of amides is 1. The van der Waals surface area contributed by atoms with Crippen molar-refractivity contribution in [3.8, 4) is 11.5 Å². The zero-order valence-corrected chi connectivity index (χ0v) is 24.6. The van der Waals surface area contributed by atoms with E-state index >= 15 is 0 Å².